The number of nitrogens with one attached hydrogen (secondary N) is 1. The molecule has 17 heavy (non-hydrogen) atoms. The predicted molar refractivity (Wildman–Crippen MR) is 54.6 cm³/mol. The van der Waals surface area contributed by atoms with Gasteiger partial charge in [0.2, 0.25) is 0 Å². The van der Waals surface area contributed by atoms with Gasteiger partial charge in [-0.25, -0.2) is 4.98 Å². The van der Waals surface area contributed by atoms with Crippen LogP contribution in [0.3, 0.4) is 0 Å². The number of carboxylic acid groups (broad SMARTS) is 1. The van der Waals surface area contributed by atoms with Gasteiger partial charge in [0.25, 0.3) is 0 Å². The molecule has 0 saturated heterocycles. The van der Waals surface area contributed by atoms with Gasteiger partial charge in [0, 0.05) is 6.04 Å². The first-order valence-electron chi connectivity index (χ1n) is 4.81. The van der Waals surface area contributed by atoms with Gasteiger partial charge in [0.05, 0.1) is 6.42 Å². The van der Waals surface area contributed by atoms with Gasteiger partial charge >= 0.3 is 12.1 Å². The molecule has 0 fully saturated rings. The van der Waals surface area contributed by atoms with Gasteiger partial charge in [0.15, 0.2) is 0 Å². The van der Waals surface area contributed by atoms with Crippen LogP contribution in [0.15, 0.2) is 18.2 Å². The Morgan fingerprint density at radius 2 is 2.18 bits per heavy atom. The number of hydrogen-bond donors (Lipinski definition) is 2. The van der Waals surface area contributed by atoms with E-state index < -0.39 is 23.9 Å². The average molecular weight is 248 g/mol. The number of carbonyl (C=O) groups is 1. The Kier molecular flexibility index (Phi) is 3.93. The summed E-state index contributed by atoms with van der Waals surface area (Å²) in [5.74, 6) is -1.02. The fourth-order valence-electron chi connectivity index (χ4n) is 1.24. The lowest BCUT2D eigenvalue weighted by molar-refractivity contribution is -0.141. The number of halogens is 3. The fourth-order valence-corrected chi connectivity index (χ4v) is 1.24. The summed E-state index contributed by atoms with van der Waals surface area (Å²) in [6.07, 6.45) is -4.70. The van der Waals surface area contributed by atoms with Crippen molar-refractivity contribution < 1.29 is 23.1 Å². The van der Waals surface area contributed by atoms with Gasteiger partial charge in [-0.2, -0.15) is 13.2 Å². The Morgan fingerprint density at radius 3 is 2.71 bits per heavy atom. The lowest BCUT2D eigenvalue weighted by atomic mass is 10.2. The van der Waals surface area contributed by atoms with Crippen molar-refractivity contribution in [2.24, 2.45) is 0 Å². The molecular formula is C10H11F3N2O2. The van der Waals surface area contributed by atoms with Gasteiger partial charge in [-0.1, -0.05) is 6.07 Å². The number of carboxylic acids is 1. The molecule has 1 aromatic heterocycles. The van der Waals surface area contributed by atoms with E-state index in [0.717, 1.165) is 6.07 Å². The van der Waals surface area contributed by atoms with E-state index in [2.05, 4.69) is 10.3 Å². The second-order valence-electron chi connectivity index (χ2n) is 3.55. The van der Waals surface area contributed by atoms with Crippen LogP contribution in [0.2, 0.25) is 0 Å². The van der Waals surface area contributed by atoms with Crippen LogP contribution >= 0.6 is 0 Å². The maximum Gasteiger partial charge on any atom is 0.433 e. The summed E-state index contributed by atoms with van der Waals surface area (Å²) in [5.41, 5.74) is -1.01. The predicted octanol–water partition coefficient (Wildman–Crippen LogP) is 2.38. The van der Waals surface area contributed by atoms with Crippen LogP contribution in [0.5, 0.6) is 0 Å². The van der Waals surface area contributed by atoms with Gasteiger partial charge in [0.1, 0.15) is 11.5 Å². The highest BCUT2D eigenvalue weighted by Gasteiger charge is 2.32. The molecule has 0 saturated carbocycles. The minimum Gasteiger partial charge on any atom is -0.481 e. The number of anilines is 1. The molecule has 1 atom stereocenters. The Hall–Kier alpha value is -1.79. The van der Waals surface area contributed by atoms with Crippen molar-refractivity contribution in [1.82, 2.24) is 4.98 Å². The minimum absolute atomic E-state index is 0.00794. The SMILES string of the molecule is CC(CC(=O)O)Nc1cccc(C(F)(F)F)n1. The Balaban J connectivity index is 2.76. The highest BCUT2D eigenvalue weighted by molar-refractivity contribution is 5.68. The standard InChI is InChI=1S/C10H11F3N2O2/c1-6(5-9(16)17)14-8-4-2-3-7(15-8)10(11,12)13/h2-4,6H,5H2,1H3,(H,14,15)(H,16,17). The van der Waals surface area contributed by atoms with E-state index in [9.17, 15) is 18.0 Å². The van der Waals surface area contributed by atoms with E-state index in [1.807, 2.05) is 0 Å². The van der Waals surface area contributed by atoms with Crippen LogP contribution in [-0.2, 0) is 11.0 Å². The number of nitrogens with zero attached hydrogens (tertiary/aromatic N) is 1. The maximum atomic E-state index is 12.3. The summed E-state index contributed by atoms with van der Waals surface area (Å²) in [4.78, 5) is 13.7. The van der Waals surface area contributed by atoms with E-state index >= 15 is 0 Å². The summed E-state index contributed by atoms with van der Waals surface area (Å²) in [7, 11) is 0. The molecule has 7 heteroatoms. The number of rotatable bonds is 4. The van der Waals surface area contributed by atoms with E-state index in [1.54, 1.807) is 6.92 Å². The number of alkyl halides is 3. The van der Waals surface area contributed by atoms with Gasteiger partial charge < -0.3 is 10.4 Å². The first-order valence-corrected chi connectivity index (χ1v) is 4.81. The van der Waals surface area contributed by atoms with Crippen molar-refractivity contribution in [2.75, 3.05) is 5.32 Å². The van der Waals surface area contributed by atoms with Crippen LogP contribution in [0.4, 0.5) is 19.0 Å². The summed E-state index contributed by atoms with van der Waals surface area (Å²) >= 11 is 0. The maximum absolute atomic E-state index is 12.3. The molecule has 0 aliphatic carbocycles. The van der Waals surface area contributed by atoms with Crippen LogP contribution in [0, 0.1) is 0 Å². The molecule has 1 unspecified atom stereocenters. The molecule has 1 heterocycles. The number of pyridine rings is 1. The molecule has 0 spiro atoms. The number of aliphatic carboxylic acids is 1. The largest absolute Gasteiger partial charge is 0.481 e. The van der Waals surface area contributed by atoms with Gasteiger partial charge in [-0.15, -0.1) is 0 Å². The van der Waals surface area contributed by atoms with Gasteiger partial charge in [-0.05, 0) is 19.1 Å². The van der Waals surface area contributed by atoms with Crippen molar-refractivity contribution in [3.8, 4) is 0 Å². The number of hydrogen-bond acceptors (Lipinski definition) is 3. The summed E-state index contributed by atoms with van der Waals surface area (Å²) in [5, 5.41) is 11.1. The molecule has 2 N–H and O–H groups in total. The molecular weight excluding hydrogens is 237 g/mol. The van der Waals surface area contributed by atoms with Crippen molar-refractivity contribution in [1.29, 1.82) is 0 Å². The first kappa shape index (κ1) is 13.3. The average Bonchev–Trinajstić information content (AvgIpc) is 2.15. The molecule has 0 radical (unpaired) electrons. The third kappa shape index (κ3) is 4.29. The van der Waals surface area contributed by atoms with Crippen molar-refractivity contribution in [3.05, 3.63) is 23.9 Å². The third-order valence-electron chi connectivity index (χ3n) is 1.91. The van der Waals surface area contributed by atoms with E-state index in [-0.39, 0.29) is 12.2 Å². The zero-order valence-corrected chi connectivity index (χ0v) is 8.95. The van der Waals surface area contributed by atoms with E-state index in [1.165, 1.54) is 12.1 Å². The number of aromatic nitrogens is 1. The smallest absolute Gasteiger partial charge is 0.433 e. The van der Waals surface area contributed by atoms with Crippen molar-refractivity contribution in [3.63, 3.8) is 0 Å². The molecule has 0 aliphatic heterocycles. The fraction of sp³-hybridized carbons (Fsp3) is 0.400. The lowest BCUT2D eigenvalue weighted by Crippen LogP contribution is -2.20. The zero-order valence-electron chi connectivity index (χ0n) is 8.95. The normalized spacial score (nSPS) is 13.2. The Bertz CT molecular complexity index is 407. The summed E-state index contributed by atoms with van der Waals surface area (Å²) in [6, 6.07) is 2.93. The molecule has 94 valence electrons. The second-order valence-corrected chi connectivity index (χ2v) is 3.55. The highest BCUT2D eigenvalue weighted by atomic mass is 19.4. The quantitative estimate of drug-likeness (QED) is 0.858. The second kappa shape index (κ2) is 5.03. The highest BCUT2D eigenvalue weighted by Crippen LogP contribution is 2.28. The van der Waals surface area contributed by atoms with Crippen LogP contribution < -0.4 is 5.32 Å². The lowest BCUT2D eigenvalue weighted by Gasteiger charge is -2.13. The topological polar surface area (TPSA) is 62.2 Å². The van der Waals surface area contributed by atoms with E-state index in [4.69, 9.17) is 5.11 Å². The first-order chi connectivity index (χ1) is 7.79. The van der Waals surface area contributed by atoms with Crippen molar-refractivity contribution in [2.45, 2.75) is 25.6 Å². The van der Waals surface area contributed by atoms with Crippen molar-refractivity contribution >= 4 is 11.8 Å². The van der Waals surface area contributed by atoms with Crippen LogP contribution in [0.25, 0.3) is 0 Å². The molecule has 4 nitrogen and oxygen atoms in total. The molecule has 0 aromatic carbocycles. The summed E-state index contributed by atoms with van der Waals surface area (Å²) in [6.45, 7) is 1.55. The molecule has 1 rings (SSSR count). The third-order valence-corrected chi connectivity index (χ3v) is 1.91. The monoisotopic (exact) mass is 248 g/mol. The van der Waals surface area contributed by atoms with Crippen LogP contribution in [0.1, 0.15) is 19.0 Å². The molecule has 1 aromatic rings. The van der Waals surface area contributed by atoms with Gasteiger partial charge in [-0.3, -0.25) is 4.79 Å². The Labute approximate surface area is 95.5 Å². The minimum atomic E-state index is -4.51. The zero-order chi connectivity index (χ0) is 13.1. The Morgan fingerprint density at radius 1 is 1.53 bits per heavy atom. The summed E-state index contributed by atoms with van der Waals surface area (Å²) < 4.78 is 37.0. The molecule has 0 amide bonds. The molecule has 0 aliphatic rings. The van der Waals surface area contributed by atoms with Crippen LogP contribution in [-0.4, -0.2) is 22.1 Å². The van der Waals surface area contributed by atoms with E-state index in [0.29, 0.717) is 0 Å². The molecule has 0 bridgehead atoms.